The number of ether oxygens (including phenoxy) is 1. The number of hydrogen-bond acceptors (Lipinski definition) is 2. The van der Waals surface area contributed by atoms with Crippen LogP contribution >= 0.6 is 0 Å². The number of halogens is 2. The van der Waals surface area contributed by atoms with Crippen LogP contribution in [0, 0.1) is 11.6 Å². The molecule has 0 saturated carbocycles. The van der Waals surface area contributed by atoms with Gasteiger partial charge in [0.05, 0.1) is 12.6 Å². The molecule has 1 saturated heterocycles. The highest BCUT2D eigenvalue weighted by Crippen LogP contribution is 2.38. The fourth-order valence-corrected chi connectivity index (χ4v) is 2.96. The highest BCUT2D eigenvalue weighted by Gasteiger charge is 2.42. The monoisotopic (exact) mass is 325 g/mol. The van der Waals surface area contributed by atoms with E-state index < -0.39 is 35.4 Å². The van der Waals surface area contributed by atoms with Gasteiger partial charge in [0.2, 0.25) is 0 Å². The van der Waals surface area contributed by atoms with Gasteiger partial charge < -0.3 is 9.84 Å². The van der Waals surface area contributed by atoms with Crippen LogP contribution in [0.1, 0.15) is 38.9 Å². The molecule has 23 heavy (non-hydrogen) atoms. The number of carboxylic acid groups (broad SMARTS) is 1. The molecule has 4 nitrogen and oxygen atoms in total. The maximum absolute atomic E-state index is 14.2. The third kappa shape index (κ3) is 3.69. The summed E-state index contributed by atoms with van der Waals surface area (Å²) < 4.78 is 33.3. The lowest BCUT2D eigenvalue weighted by Gasteiger charge is -2.45. The van der Waals surface area contributed by atoms with E-state index in [9.17, 15) is 18.7 Å². The van der Waals surface area contributed by atoms with Gasteiger partial charge in [-0.3, -0.25) is 4.90 Å². The summed E-state index contributed by atoms with van der Waals surface area (Å²) in [5, 5.41) is 9.61. The smallest absolute Gasteiger partial charge is 0.408 e. The minimum atomic E-state index is -1.14. The lowest BCUT2D eigenvalue weighted by molar-refractivity contribution is -0.0493. The number of rotatable bonds is 2. The van der Waals surface area contributed by atoms with Crippen LogP contribution in [0.5, 0.6) is 0 Å². The highest BCUT2D eigenvalue weighted by atomic mass is 19.1. The molecular formula is C17H21F2NO3. The van der Waals surface area contributed by atoms with Gasteiger partial charge in [-0.1, -0.05) is 6.58 Å². The molecule has 2 atom stereocenters. The first kappa shape index (κ1) is 17.4. The summed E-state index contributed by atoms with van der Waals surface area (Å²) in [6.45, 7) is 9.28. The molecular weight excluding hydrogens is 304 g/mol. The van der Waals surface area contributed by atoms with Crippen LogP contribution in [0.3, 0.4) is 0 Å². The average molecular weight is 325 g/mol. The quantitative estimate of drug-likeness (QED) is 0.832. The highest BCUT2D eigenvalue weighted by molar-refractivity contribution is 5.67. The zero-order valence-corrected chi connectivity index (χ0v) is 13.5. The van der Waals surface area contributed by atoms with Gasteiger partial charge in [-0.15, -0.1) is 0 Å². The van der Waals surface area contributed by atoms with Crippen LogP contribution in [0.4, 0.5) is 13.6 Å². The van der Waals surface area contributed by atoms with Gasteiger partial charge in [-0.2, -0.15) is 0 Å². The molecule has 0 radical (unpaired) electrons. The van der Waals surface area contributed by atoms with Crippen molar-refractivity contribution in [2.24, 2.45) is 0 Å². The number of hydrogen-bond donors (Lipinski definition) is 1. The molecule has 1 aliphatic rings. The predicted octanol–water partition coefficient (Wildman–Crippen LogP) is 4.13. The molecule has 1 N–H and O–H groups in total. The fourth-order valence-electron chi connectivity index (χ4n) is 2.96. The predicted molar refractivity (Wildman–Crippen MR) is 82.2 cm³/mol. The van der Waals surface area contributed by atoms with E-state index in [2.05, 4.69) is 6.58 Å². The summed E-state index contributed by atoms with van der Waals surface area (Å²) in [5.41, 5.74) is 0.0241. The Labute approximate surface area is 134 Å². The van der Waals surface area contributed by atoms with E-state index in [1.54, 1.807) is 20.8 Å². The minimum Gasteiger partial charge on any atom is -0.465 e. The summed E-state index contributed by atoms with van der Waals surface area (Å²) in [4.78, 5) is 13.0. The molecule has 1 aromatic rings. The molecule has 2 rings (SSSR count). The molecule has 2 unspecified atom stereocenters. The van der Waals surface area contributed by atoms with Gasteiger partial charge in [-0.25, -0.2) is 13.6 Å². The summed E-state index contributed by atoms with van der Waals surface area (Å²) in [7, 11) is 0. The summed E-state index contributed by atoms with van der Waals surface area (Å²) >= 11 is 0. The summed E-state index contributed by atoms with van der Waals surface area (Å²) in [6, 6.07) is 2.43. The van der Waals surface area contributed by atoms with Crippen LogP contribution in [-0.2, 0) is 4.74 Å². The molecule has 0 spiro atoms. The van der Waals surface area contributed by atoms with E-state index in [0.717, 1.165) is 23.8 Å². The maximum atomic E-state index is 14.2. The molecule has 0 aromatic heterocycles. The first-order valence-electron chi connectivity index (χ1n) is 7.36. The maximum Gasteiger partial charge on any atom is 0.408 e. The Morgan fingerprint density at radius 3 is 2.61 bits per heavy atom. The van der Waals surface area contributed by atoms with Gasteiger partial charge in [0.15, 0.2) is 0 Å². The van der Waals surface area contributed by atoms with Crippen molar-refractivity contribution >= 4 is 6.09 Å². The van der Waals surface area contributed by atoms with Crippen LogP contribution in [0.15, 0.2) is 30.4 Å². The molecule has 6 heteroatoms. The van der Waals surface area contributed by atoms with Gasteiger partial charge in [-0.05, 0) is 51.0 Å². The number of carbonyl (C=O) groups is 1. The second-order valence-corrected chi connectivity index (χ2v) is 6.74. The van der Waals surface area contributed by atoms with Crippen molar-refractivity contribution in [1.82, 2.24) is 4.90 Å². The third-order valence-corrected chi connectivity index (χ3v) is 3.84. The Morgan fingerprint density at radius 2 is 2.04 bits per heavy atom. The molecule has 0 aliphatic carbocycles. The first-order valence-corrected chi connectivity index (χ1v) is 7.36. The molecule has 1 amide bonds. The van der Waals surface area contributed by atoms with Crippen molar-refractivity contribution in [3.05, 3.63) is 47.5 Å². The van der Waals surface area contributed by atoms with Crippen LogP contribution in [-0.4, -0.2) is 34.3 Å². The second-order valence-electron chi connectivity index (χ2n) is 6.74. The second kappa shape index (κ2) is 6.28. The van der Waals surface area contributed by atoms with Crippen molar-refractivity contribution in [2.45, 2.75) is 44.9 Å². The van der Waals surface area contributed by atoms with E-state index in [1.807, 2.05) is 0 Å². The van der Waals surface area contributed by atoms with E-state index in [-0.39, 0.29) is 12.2 Å². The lowest BCUT2D eigenvalue weighted by Crippen LogP contribution is -2.55. The molecule has 1 fully saturated rings. The summed E-state index contributed by atoms with van der Waals surface area (Å²) in [6.07, 6.45) is -1.68. The zero-order chi connectivity index (χ0) is 17.4. The van der Waals surface area contributed by atoms with Crippen molar-refractivity contribution < 1.29 is 23.4 Å². The average Bonchev–Trinajstić information content (AvgIpc) is 2.40. The Hall–Kier alpha value is -1.95. The van der Waals surface area contributed by atoms with Crippen LogP contribution < -0.4 is 0 Å². The van der Waals surface area contributed by atoms with E-state index in [1.165, 1.54) is 4.90 Å². The van der Waals surface area contributed by atoms with Gasteiger partial charge in [0, 0.05) is 11.1 Å². The van der Waals surface area contributed by atoms with Crippen molar-refractivity contribution in [1.29, 1.82) is 0 Å². The lowest BCUT2D eigenvalue weighted by atomic mass is 9.89. The SMILES string of the molecule is C=C1COC(c2cc(F)ccc2F)C(N(C(=O)O)C(C)(C)C)C1. The minimum absolute atomic E-state index is 0.0259. The molecule has 1 aromatic carbocycles. The first-order chi connectivity index (χ1) is 10.6. The van der Waals surface area contributed by atoms with Gasteiger partial charge >= 0.3 is 6.09 Å². The van der Waals surface area contributed by atoms with Crippen molar-refractivity contribution in [3.63, 3.8) is 0 Å². The van der Waals surface area contributed by atoms with Crippen LogP contribution in [0.2, 0.25) is 0 Å². The standard InChI is InChI=1S/C17H21F2NO3/c1-10-7-14(20(16(21)22)17(2,3)4)15(23-9-10)12-8-11(18)5-6-13(12)19/h5-6,8,14-15H,1,7,9H2,2-4H3,(H,21,22). The largest absolute Gasteiger partial charge is 0.465 e. The zero-order valence-electron chi connectivity index (χ0n) is 13.5. The molecule has 1 heterocycles. The summed E-state index contributed by atoms with van der Waals surface area (Å²) in [5.74, 6) is -1.21. The number of nitrogens with zero attached hydrogens (tertiary/aromatic N) is 1. The fraction of sp³-hybridized carbons (Fsp3) is 0.471. The van der Waals surface area contributed by atoms with E-state index >= 15 is 0 Å². The van der Waals surface area contributed by atoms with Crippen molar-refractivity contribution in [3.8, 4) is 0 Å². The van der Waals surface area contributed by atoms with Crippen LogP contribution in [0.25, 0.3) is 0 Å². The third-order valence-electron chi connectivity index (χ3n) is 3.84. The van der Waals surface area contributed by atoms with Gasteiger partial charge in [0.1, 0.15) is 17.7 Å². The Balaban J connectivity index is 2.49. The Bertz CT molecular complexity index is 625. The van der Waals surface area contributed by atoms with Gasteiger partial charge in [0.25, 0.3) is 0 Å². The van der Waals surface area contributed by atoms with E-state index in [0.29, 0.717) is 6.42 Å². The topological polar surface area (TPSA) is 49.8 Å². The molecule has 0 bridgehead atoms. The Morgan fingerprint density at radius 1 is 1.39 bits per heavy atom. The Kier molecular flexibility index (Phi) is 4.75. The van der Waals surface area contributed by atoms with Crippen molar-refractivity contribution in [2.75, 3.05) is 6.61 Å². The molecule has 126 valence electrons. The normalized spacial score (nSPS) is 22.0. The number of amides is 1. The van der Waals surface area contributed by atoms with E-state index in [4.69, 9.17) is 4.74 Å². The molecule has 1 aliphatic heterocycles. The number of benzene rings is 1.